The maximum atomic E-state index is 12.1. The van der Waals surface area contributed by atoms with Crippen molar-refractivity contribution < 1.29 is 14.4 Å². The molecule has 24 heavy (non-hydrogen) atoms. The third-order valence-corrected chi connectivity index (χ3v) is 4.56. The van der Waals surface area contributed by atoms with E-state index in [9.17, 15) is 9.90 Å². The van der Waals surface area contributed by atoms with E-state index >= 15 is 0 Å². The highest BCUT2D eigenvalue weighted by Crippen LogP contribution is 2.30. The number of aromatic nitrogens is 2. The fraction of sp³-hybridized carbons (Fsp3) is 0.500. The molecule has 2 N–H and O–H groups in total. The maximum Gasteiger partial charge on any atom is 0.258 e. The molecule has 2 aromatic rings. The molecular formula is C18H23N3O3. The van der Waals surface area contributed by atoms with Crippen LogP contribution in [0.3, 0.4) is 0 Å². The first-order valence-electron chi connectivity index (χ1n) is 8.43. The van der Waals surface area contributed by atoms with E-state index in [2.05, 4.69) is 15.5 Å². The topological polar surface area (TPSA) is 88.2 Å². The number of aliphatic hydroxyl groups is 1. The Kier molecular flexibility index (Phi) is 4.94. The van der Waals surface area contributed by atoms with E-state index in [1.54, 1.807) is 0 Å². The van der Waals surface area contributed by atoms with E-state index in [1.807, 2.05) is 31.2 Å². The minimum Gasteiger partial charge on any atom is -0.389 e. The Morgan fingerprint density at radius 3 is 2.79 bits per heavy atom. The van der Waals surface area contributed by atoms with Crippen LogP contribution in [0.4, 0.5) is 0 Å². The average molecular weight is 329 g/mol. The number of carbonyl (C=O) groups is 1. The van der Waals surface area contributed by atoms with Crippen LogP contribution >= 0.6 is 0 Å². The van der Waals surface area contributed by atoms with Gasteiger partial charge in [0.25, 0.3) is 5.89 Å². The molecule has 3 rings (SSSR count). The highest BCUT2D eigenvalue weighted by molar-refractivity contribution is 5.76. The first-order valence-corrected chi connectivity index (χ1v) is 8.43. The Morgan fingerprint density at radius 1 is 1.29 bits per heavy atom. The molecule has 1 aliphatic carbocycles. The molecule has 1 aromatic heterocycles. The summed E-state index contributed by atoms with van der Waals surface area (Å²) < 4.78 is 5.27. The van der Waals surface area contributed by atoms with Crippen molar-refractivity contribution in [2.24, 2.45) is 0 Å². The van der Waals surface area contributed by atoms with Gasteiger partial charge in [-0.15, -0.1) is 0 Å². The van der Waals surface area contributed by atoms with Crippen LogP contribution in [-0.2, 0) is 11.3 Å². The van der Waals surface area contributed by atoms with E-state index < -0.39 is 5.60 Å². The zero-order valence-electron chi connectivity index (χ0n) is 13.9. The first kappa shape index (κ1) is 16.6. The van der Waals surface area contributed by atoms with Crippen molar-refractivity contribution in [3.05, 3.63) is 35.7 Å². The lowest BCUT2D eigenvalue weighted by Crippen LogP contribution is -2.38. The van der Waals surface area contributed by atoms with Gasteiger partial charge in [-0.1, -0.05) is 42.6 Å². The third kappa shape index (κ3) is 4.00. The number of hydrogen-bond acceptors (Lipinski definition) is 5. The third-order valence-electron chi connectivity index (χ3n) is 4.56. The van der Waals surface area contributed by atoms with Crippen molar-refractivity contribution in [3.8, 4) is 11.5 Å². The molecule has 6 heteroatoms. The van der Waals surface area contributed by atoms with Gasteiger partial charge in [0.1, 0.15) is 0 Å². The number of carbonyl (C=O) groups excluding carboxylic acids is 1. The van der Waals surface area contributed by atoms with Crippen LogP contribution in [0.15, 0.2) is 28.8 Å². The van der Waals surface area contributed by atoms with E-state index in [0.717, 1.165) is 30.4 Å². The van der Waals surface area contributed by atoms with Gasteiger partial charge in [0.15, 0.2) is 5.82 Å². The second-order valence-corrected chi connectivity index (χ2v) is 6.57. The first-order chi connectivity index (χ1) is 11.6. The highest BCUT2D eigenvalue weighted by atomic mass is 16.5. The van der Waals surface area contributed by atoms with Gasteiger partial charge in [0, 0.05) is 5.56 Å². The molecule has 0 aliphatic heterocycles. The van der Waals surface area contributed by atoms with Crippen molar-refractivity contribution in [1.82, 2.24) is 15.5 Å². The van der Waals surface area contributed by atoms with Gasteiger partial charge in [-0.05, 0) is 31.4 Å². The molecule has 128 valence electrons. The molecule has 6 nitrogen and oxygen atoms in total. The van der Waals surface area contributed by atoms with Crippen LogP contribution in [0, 0.1) is 6.92 Å². The summed E-state index contributed by atoms with van der Waals surface area (Å²) in [5, 5.41) is 17.1. The molecule has 0 radical (unpaired) electrons. The molecule has 0 unspecified atom stereocenters. The quantitative estimate of drug-likeness (QED) is 0.880. The summed E-state index contributed by atoms with van der Waals surface area (Å²) in [5.41, 5.74) is 1.08. The van der Waals surface area contributed by atoms with Crippen molar-refractivity contribution >= 4 is 5.91 Å². The number of aryl methyl sites for hydroxylation is 1. The summed E-state index contributed by atoms with van der Waals surface area (Å²) in [6.07, 6.45) is 4.62. The molecule has 0 bridgehead atoms. The molecule has 1 heterocycles. The van der Waals surface area contributed by atoms with E-state index in [0.29, 0.717) is 24.6 Å². The summed E-state index contributed by atoms with van der Waals surface area (Å²) in [4.78, 5) is 16.4. The number of hydrogen-bond donors (Lipinski definition) is 2. The zero-order valence-corrected chi connectivity index (χ0v) is 13.9. The van der Waals surface area contributed by atoms with E-state index in [-0.39, 0.29) is 18.9 Å². The second-order valence-electron chi connectivity index (χ2n) is 6.57. The Morgan fingerprint density at radius 2 is 2.04 bits per heavy atom. The van der Waals surface area contributed by atoms with Crippen molar-refractivity contribution in [3.63, 3.8) is 0 Å². The van der Waals surface area contributed by atoms with Crippen LogP contribution in [0.2, 0.25) is 0 Å². The molecular weight excluding hydrogens is 306 g/mol. The lowest BCUT2D eigenvalue weighted by atomic mass is 9.82. The molecule has 1 aliphatic rings. The van der Waals surface area contributed by atoms with Crippen molar-refractivity contribution in [2.45, 2.75) is 57.6 Å². The minimum atomic E-state index is -0.855. The molecule has 1 saturated carbocycles. The Hall–Kier alpha value is -2.21. The fourth-order valence-corrected chi connectivity index (χ4v) is 3.17. The largest absolute Gasteiger partial charge is 0.389 e. The minimum absolute atomic E-state index is 0.134. The van der Waals surface area contributed by atoms with Crippen LogP contribution in [0.25, 0.3) is 11.5 Å². The van der Waals surface area contributed by atoms with Gasteiger partial charge in [-0.25, -0.2) is 0 Å². The van der Waals surface area contributed by atoms with Crippen LogP contribution in [0.1, 0.15) is 49.9 Å². The number of nitrogens with one attached hydrogen (secondary N) is 1. The Balaban J connectivity index is 1.56. The number of nitrogens with zero attached hydrogens (tertiary/aromatic N) is 2. The van der Waals surface area contributed by atoms with Crippen molar-refractivity contribution in [1.29, 1.82) is 0 Å². The lowest BCUT2D eigenvalue weighted by Gasteiger charge is -2.31. The van der Waals surface area contributed by atoms with Gasteiger partial charge in [-0.2, -0.15) is 4.98 Å². The second kappa shape index (κ2) is 7.13. The van der Waals surface area contributed by atoms with Crippen molar-refractivity contribution in [2.75, 3.05) is 0 Å². The van der Waals surface area contributed by atoms with Crippen LogP contribution in [-0.4, -0.2) is 26.8 Å². The van der Waals surface area contributed by atoms with Crippen LogP contribution < -0.4 is 5.32 Å². The fourth-order valence-electron chi connectivity index (χ4n) is 3.17. The predicted molar refractivity (Wildman–Crippen MR) is 89.0 cm³/mol. The number of amides is 1. The number of benzene rings is 1. The van der Waals surface area contributed by atoms with Gasteiger partial charge in [0.05, 0.1) is 18.6 Å². The zero-order chi connectivity index (χ0) is 17.0. The average Bonchev–Trinajstić information content (AvgIpc) is 3.02. The smallest absolute Gasteiger partial charge is 0.258 e. The molecule has 1 aromatic carbocycles. The van der Waals surface area contributed by atoms with Gasteiger partial charge in [-0.3, -0.25) is 4.79 Å². The summed E-state index contributed by atoms with van der Waals surface area (Å²) >= 11 is 0. The monoisotopic (exact) mass is 329 g/mol. The molecule has 1 fully saturated rings. The maximum absolute atomic E-state index is 12.1. The summed E-state index contributed by atoms with van der Waals surface area (Å²) in [5.74, 6) is 0.696. The molecule has 0 spiro atoms. The highest BCUT2D eigenvalue weighted by Gasteiger charge is 2.31. The summed E-state index contributed by atoms with van der Waals surface area (Å²) in [7, 11) is 0. The normalized spacial score (nSPS) is 16.8. The molecule has 0 saturated heterocycles. The van der Waals surface area contributed by atoms with Gasteiger partial charge in [0.2, 0.25) is 5.91 Å². The summed E-state index contributed by atoms with van der Waals surface area (Å²) in [6.45, 7) is 2.18. The number of rotatable bonds is 5. The van der Waals surface area contributed by atoms with Gasteiger partial charge < -0.3 is 14.9 Å². The molecule has 1 amide bonds. The van der Waals surface area contributed by atoms with E-state index in [1.165, 1.54) is 0 Å². The van der Waals surface area contributed by atoms with Gasteiger partial charge >= 0.3 is 0 Å². The summed E-state index contributed by atoms with van der Waals surface area (Å²) in [6, 6.07) is 7.76. The molecule has 0 atom stereocenters. The van der Waals surface area contributed by atoms with E-state index in [4.69, 9.17) is 4.52 Å². The standard InChI is InChI=1S/C18H23N3O3/c1-13-7-3-4-8-14(13)17-20-15(21-24-17)12-19-16(22)11-18(23)9-5-2-6-10-18/h3-4,7-8,23H,2,5-6,9-12H2,1H3,(H,19,22). The van der Waals surface area contributed by atoms with Crippen LogP contribution in [0.5, 0.6) is 0 Å². The Labute approximate surface area is 141 Å². The predicted octanol–water partition coefficient (Wildman–Crippen LogP) is 2.75. The lowest BCUT2D eigenvalue weighted by molar-refractivity contribution is -0.127. The SMILES string of the molecule is Cc1ccccc1-c1nc(CNC(=O)CC2(O)CCCCC2)no1. The Bertz CT molecular complexity index is 705.